The first-order chi connectivity index (χ1) is 13.4. The summed E-state index contributed by atoms with van der Waals surface area (Å²) in [5.41, 5.74) is 1.41. The summed E-state index contributed by atoms with van der Waals surface area (Å²) in [7, 11) is -1.24. The van der Waals surface area contributed by atoms with Gasteiger partial charge in [0.05, 0.1) is 6.26 Å². The molecule has 2 aliphatic heterocycles. The summed E-state index contributed by atoms with van der Waals surface area (Å²) in [6.45, 7) is 5.35. The van der Waals surface area contributed by atoms with Gasteiger partial charge < -0.3 is 10.6 Å². The third-order valence-electron chi connectivity index (χ3n) is 5.74. The van der Waals surface area contributed by atoms with Crippen molar-refractivity contribution in [2.24, 2.45) is 10.9 Å². The number of nitrogens with zero attached hydrogens (tertiary/aromatic N) is 3. The molecule has 0 atom stereocenters. The Morgan fingerprint density at radius 2 is 1.93 bits per heavy atom. The molecule has 9 heteroatoms. The Balaban J connectivity index is 1.35. The van der Waals surface area contributed by atoms with Gasteiger partial charge in [-0.1, -0.05) is 0 Å². The van der Waals surface area contributed by atoms with Gasteiger partial charge in [-0.05, 0) is 54.0 Å². The lowest BCUT2D eigenvalue weighted by atomic mass is 9.98. The number of likely N-dealkylation sites (tertiary alicyclic amines) is 1. The van der Waals surface area contributed by atoms with E-state index in [1.165, 1.54) is 11.8 Å². The normalized spacial score (nSPS) is 21.7. The molecule has 0 unspecified atom stereocenters. The average molecular weight is 428 g/mol. The van der Waals surface area contributed by atoms with Gasteiger partial charge in [-0.15, -0.1) is 0 Å². The standard InChI is InChI=1S/C19H33N5O2S2/c1-20-19(21-13-16-3-10-24(11-4-16)28(2,25)26)22-18-5-8-23(9-6-18)14-17-7-12-27-15-17/h7,12,15-16,18H,3-6,8-11,13-14H2,1-2H3,(H2,20,21,22). The van der Waals surface area contributed by atoms with Gasteiger partial charge >= 0.3 is 0 Å². The number of thiophene rings is 1. The summed E-state index contributed by atoms with van der Waals surface area (Å²) in [6, 6.07) is 2.67. The second kappa shape index (κ2) is 10.0. The highest BCUT2D eigenvalue weighted by atomic mass is 32.2. The highest BCUT2D eigenvalue weighted by Gasteiger charge is 2.25. The zero-order valence-electron chi connectivity index (χ0n) is 16.9. The van der Waals surface area contributed by atoms with Gasteiger partial charge in [0.15, 0.2) is 5.96 Å². The molecule has 158 valence electrons. The molecule has 2 N–H and O–H groups in total. The maximum Gasteiger partial charge on any atom is 0.211 e. The number of hydrogen-bond acceptors (Lipinski definition) is 5. The van der Waals surface area contributed by atoms with E-state index in [0.29, 0.717) is 25.0 Å². The van der Waals surface area contributed by atoms with Crippen LogP contribution in [-0.2, 0) is 16.6 Å². The summed E-state index contributed by atoms with van der Waals surface area (Å²) < 4.78 is 24.8. The molecule has 2 saturated heterocycles. The second-order valence-electron chi connectivity index (χ2n) is 7.88. The van der Waals surface area contributed by atoms with Gasteiger partial charge in [0.1, 0.15) is 0 Å². The van der Waals surface area contributed by atoms with E-state index in [1.54, 1.807) is 15.6 Å². The Kier molecular flexibility index (Phi) is 7.73. The molecule has 28 heavy (non-hydrogen) atoms. The van der Waals surface area contributed by atoms with Crippen molar-refractivity contribution in [2.75, 3.05) is 46.0 Å². The lowest BCUT2D eigenvalue weighted by molar-refractivity contribution is 0.198. The van der Waals surface area contributed by atoms with Crippen LogP contribution in [0, 0.1) is 5.92 Å². The van der Waals surface area contributed by atoms with E-state index < -0.39 is 10.0 Å². The Bertz CT molecular complexity index is 720. The quantitative estimate of drug-likeness (QED) is 0.532. The molecule has 0 aromatic carbocycles. The van der Waals surface area contributed by atoms with Crippen LogP contribution in [0.15, 0.2) is 21.8 Å². The molecular weight excluding hydrogens is 394 g/mol. The van der Waals surface area contributed by atoms with Crippen molar-refractivity contribution in [3.63, 3.8) is 0 Å². The molecule has 1 aromatic heterocycles. The molecule has 0 aliphatic carbocycles. The van der Waals surface area contributed by atoms with Crippen molar-refractivity contribution in [1.29, 1.82) is 0 Å². The van der Waals surface area contributed by atoms with E-state index in [-0.39, 0.29) is 0 Å². The van der Waals surface area contributed by atoms with Crippen LogP contribution >= 0.6 is 11.3 Å². The average Bonchev–Trinajstić information content (AvgIpc) is 3.19. The van der Waals surface area contributed by atoms with Crippen LogP contribution in [0.3, 0.4) is 0 Å². The zero-order chi connectivity index (χ0) is 20.0. The van der Waals surface area contributed by atoms with Crippen LogP contribution in [0.5, 0.6) is 0 Å². The summed E-state index contributed by atoms with van der Waals surface area (Å²) in [5, 5.41) is 11.4. The van der Waals surface area contributed by atoms with Gasteiger partial charge in [0.2, 0.25) is 10.0 Å². The van der Waals surface area contributed by atoms with Gasteiger partial charge in [0.25, 0.3) is 0 Å². The molecule has 3 rings (SSSR count). The second-order valence-corrected chi connectivity index (χ2v) is 10.6. The number of rotatable bonds is 6. The van der Waals surface area contributed by atoms with E-state index in [9.17, 15) is 8.42 Å². The summed E-state index contributed by atoms with van der Waals surface area (Å²) >= 11 is 1.76. The number of aliphatic imine (C=N–C) groups is 1. The minimum Gasteiger partial charge on any atom is -0.356 e. The monoisotopic (exact) mass is 427 g/mol. The molecule has 2 aliphatic rings. The first-order valence-corrected chi connectivity index (χ1v) is 12.9. The fourth-order valence-corrected chi connectivity index (χ4v) is 5.48. The Labute approximate surface area is 173 Å². The predicted molar refractivity (Wildman–Crippen MR) is 116 cm³/mol. The van der Waals surface area contributed by atoms with E-state index in [2.05, 4.69) is 37.4 Å². The van der Waals surface area contributed by atoms with Crippen molar-refractivity contribution in [1.82, 2.24) is 19.8 Å². The van der Waals surface area contributed by atoms with E-state index in [1.807, 2.05) is 7.05 Å². The predicted octanol–water partition coefficient (Wildman–Crippen LogP) is 1.55. The summed E-state index contributed by atoms with van der Waals surface area (Å²) in [4.78, 5) is 6.90. The molecule has 2 fully saturated rings. The fourth-order valence-electron chi connectivity index (χ4n) is 3.95. The summed E-state index contributed by atoms with van der Waals surface area (Å²) in [5.74, 6) is 1.35. The topological polar surface area (TPSA) is 77.0 Å². The Morgan fingerprint density at radius 1 is 1.21 bits per heavy atom. The fraction of sp³-hybridized carbons (Fsp3) is 0.737. The van der Waals surface area contributed by atoms with Crippen LogP contribution < -0.4 is 10.6 Å². The first-order valence-electron chi connectivity index (χ1n) is 10.1. The van der Waals surface area contributed by atoms with E-state index in [4.69, 9.17) is 0 Å². The zero-order valence-corrected chi connectivity index (χ0v) is 18.6. The van der Waals surface area contributed by atoms with Crippen LogP contribution in [0.1, 0.15) is 31.2 Å². The third kappa shape index (κ3) is 6.43. The largest absolute Gasteiger partial charge is 0.356 e. The maximum absolute atomic E-state index is 11.6. The van der Waals surface area contributed by atoms with Crippen LogP contribution in [0.25, 0.3) is 0 Å². The van der Waals surface area contributed by atoms with Gasteiger partial charge in [-0.25, -0.2) is 12.7 Å². The number of nitrogens with one attached hydrogen (secondary N) is 2. The number of guanidine groups is 1. The lowest BCUT2D eigenvalue weighted by Crippen LogP contribution is -2.50. The van der Waals surface area contributed by atoms with Crippen molar-refractivity contribution in [3.8, 4) is 0 Å². The smallest absolute Gasteiger partial charge is 0.211 e. The van der Waals surface area contributed by atoms with Crippen molar-refractivity contribution in [2.45, 2.75) is 38.3 Å². The maximum atomic E-state index is 11.6. The first kappa shape index (κ1) is 21.5. The highest BCUT2D eigenvalue weighted by molar-refractivity contribution is 7.88. The molecule has 0 spiro atoms. The number of piperidine rings is 2. The molecular formula is C19H33N5O2S2. The van der Waals surface area contributed by atoms with E-state index in [0.717, 1.165) is 57.8 Å². The minimum atomic E-state index is -3.05. The van der Waals surface area contributed by atoms with Crippen molar-refractivity contribution in [3.05, 3.63) is 22.4 Å². The van der Waals surface area contributed by atoms with Crippen LogP contribution in [0.2, 0.25) is 0 Å². The van der Waals surface area contributed by atoms with Gasteiger partial charge in [0, 0.05) is 52.4 Å². The van der Waals surface area contributed by atoms with Crippen LogP contribution in [-0.4, -0.2) is 75.7 Å². The Morgan fingerprint density at radius 3 is 2.50 bits per heavy atom. The molecule has 3 heterocycles. The minimum absolute atomic E-state index is 0.456. The number of sulfonamides is 1. The molecule has 7 nitrogen and oxygen atoms in total. The molecule has 1 aromatic rings. The van der Waals surface area contributed by atoms with Crippen molar-refractivity contribution >= 4 is 27.3 Å². The van der Waals surface area contributed by atoms with Crippen LogP contribution in [0.4, 0.5) is 0 Å². The molecule has 0 amide bonds. The SMILES string of the molecule is CN=C(NCC1CCN(S(C)(=O)=O)CC1)NC1CCN(Cc2ccsc2)CC1. The molecule has 0 bridgehead atoms. The van der Waals surface area contributed by atoms with E-state index >= 15 is 0 Å². The Hall–Kier alpha value is -1.16. The molecule has 0 radical (unpaired) electrons. The third-order valence-corrected chi connectivity index (χ3v) is 7.77. The van der Waals surface area contributed by atoms with Crippen molar-refractivity contribution < 1.29 is 8.42 Å². The van der Waals surface area contributed by atoms with Gasteiger partial charge in [-0.2, -0.15) is 11.3 Å². The van der Waals surface area contributed by atoms with Gasteiger partial charge in [-0.3, -0.25) is 9.89 Å². The lowest BCUT2D eigenvalue weighted by Gasteiger charge is -2.33. The molecule has 0 saturated carbocycles. The number of hydrogen-bond donors (Lipinski definition) is 2. The summed E-state index contributed by atoms with van der Waals surface area (Å²) in [6.07, 6.45) is 5.34. The highest BCUT2D eigenvalue weighted by Crippen LogP contribution is 2.18.